The number of amides is 1. The number of carbonyl (C=O) groups excluding carboxylic acids is 1. The summed E-state index contributed by atoms with van der Waals surface area (Å²) in [7, 11) is 0. The number of thioether (sulfide) groups is 1. The summed E-state index contributed by atoms with van der Waals surface area (Å²) in [6, 6.07) is 3.62. The fourth-order valence-corrected chi connectivity index (χ4v) is 2.29. The molecule has 0 unspecified atom stereocenters. The van der Waals surface area contributed by atoms with Crippen molar-refractivity contribution in [1.29, 1.82) is 0 Å². The SMILES string of the molecule is CCCCCSCc1ccc(C(=O)NN)cn1. The number of nitrogens with one attached hydrogen (secondary N) is 1. The van der Waals surface area contributed by atoms with E-state index in [-0.39, 0.29) is 5.91 Å². The molecule has 0 saturated heterocycles. The maximum atomic E-state index is 11.2. The molecular formula is C12H19N3OS. The first-order valence-corrected chi connectivity index (χ1v) is 6.97. The Labute approximate surface area is 106 Å². The lowest BCUT2D eigenvalue weighted by molar-refractivity contribution is 0.0953. The third-order valence-electron chi connectivity index (χ3n) is 2.36. The summed E-state index contributed by atoms with van der Waals surface area (Å²) in [6.45, 7) is 2.20. The zero-order valence-electron chi connectivity index (χ0n) is 10.1. The van der Waals surface area contributed by atoms with Crippen molar-refractivity contribution in [2.45, 2.75) is 31.9 Å². The van der Waals surface area contributed by atoms with Crippen LogP contribution in [0.2, 0.25) is 0 Å². The van der Waals surface area contributed by atoms with E-state index in [0.717, 1.165) is 11.4 Å². The van der Waals surface area contributed by atoms with Crippen molar-refractivity contribution in [1.82, 2.24) is 10.4 Å². The fraction of sp³-hybridized carbons (Fsp3) is 0.500. The first kappa shape index (κ1) is 14.0. The molecular weight excluding hydrogens is 234 g/mol. The quantitative estimate of drug-likeness (QED) is 0.338. The summed E-state index contributed by atoms with van der Waals surface area (Å²) in [4.78, 5) is 15.4. The van der Waals surface area contributed by atoms with E-state index in [2.05, 4.69) is 17.3 Å². The van der Waals surface area contributed by atoms with Crippen molar-refractivity contribution in [3.8, 4) is 0 Å². The first-order valence-electron chi connectivity index (χ1n) is 5.81. The molecule has 5 heteroatoms. The van der Waals surface area contributed by atoms with Crippen LogP contribution in [0.5, 0.6) is 0 Å². The zero-order valence-corrected chi connectivity index (χ0v) is 10.9. The lowest BCUT2D eigenvalue weighted by atomic mass is 10.2. The highest BCUT2D eigenvalue weighted by Gasteiger charge is 2.03. The Kier molecular flexibility index (Phi) is 6.65. The summed E-state index contributed by atoms with van der Waals surface area (Å²) in [6.07, 6.45) is 5.36. The molecule has 0 bridgehead atoms. The summed E-state index contributed by atoms with van der Waals surface area (Å²) in [5.41, 5.74) is 3.58. The highest BCUT2D eigenvalue weighted by molar-refractivity contribution is 7.98. The third kappa shape index (κ3) is 5.19. The van der Waals surface area contributed by atoms with Gasteiger partial charge in [-0.1, -0.05) is 19.8 Å². The van der Waals surface area contributed by atoms with E-state index >= 15 is 0 Å². The molecule has 0 aromatic carbocycles. The van der Waals surface area contributed by atoms with E-state index in [1.54, 1.807) is 12.3 Å². The van der Waals surface area contributed by atoms with Crippen molar-refractivity contribution in [3.63, 3.8) is 0 Å². The van der Waals surface area contributed by atoms with Gasteiger partial charge in [-0.3, -0.25) is 15.2 Å². The Hall–Kier alpha value is -1.07. The topological polar surface area (TPSA) is 68.0 Å². The summed E-state index contributed by atoms with van der Waals surface area (Å²) in [5.74, 6) is 6.80. The van der Waals surface area contributed by atoms with E-state index in [1.165, 1.54) is 25.0 Å². The molecule has 1 amide bonds. The second kappa shape index (κ2) is 8.08. The number of aromatic nitrogens is 1. The fourth-order valence-electron chi connectivity index (χ4n) is 1.36. The predicted molar refractivity (Wildman–Crippen MR) is 71.6 cm³/mol. The normalized spacial score (nSPS) is 10.2. The van der Waals surface area contributed by atoms with E-state index in [9.17, 15) is 4.79 Å². The number of rotatable bonds is 7. The Bertz CT molecular complexity index is 340. The van der Waals surface area contributed by atoms with Gasteiger partial charge in [-0.25, -0.2) is 5.84 Å². The van der Waals surface area contributed by atoms with Crippen molar-refractivity contribution >= 4 is 17.7 Å². The molecule has 1 aromatic heterocycles. The summed E-state index contributed by atoms with van der Waals surface area (Å²) < 4.78 is 0. The van der Waals surface area contributed by atoms with Crippen LogP contribution in [0.1, 0.15) is 42.2 Å². The number of carbonyl (C=O) groups is 1. The molecule has 0 aliphatic rings. The minimum Gasteiger partial charge on any atom is -0.290 e. The van der Waals surface area contributed by atoms with Crippen molar-refractivity contribution in [2.24, 2.45) is 5.84 Å². The molecule has 0 atom stereocenters. The number of hydrogen-bond acceptors (Lipinski definition) is 4. The van der Waals surface area contributed by atoms with Crippen molar-refractivity contribution in [2.75, 3.05) is 5.75 Å². The highest BCUT2D eigenvalue weighted by atomic mass is 32.2. The number of nitrogens with zero attached hydrogens (tertiary/aromatic N) is 1. The van der Waals surface area contributed by atoms with Gasteiger partial charge >= 0.3 is 0 Å². The lowest BCUT2D eigenvalue weighted by Gasteiger charge is -2.02. The van der Waals surface area contributed by atoms with Crippen LogP contribution >= 0.6 is 11.8 Å². The molecule has 94 valence electrons. The second-order valence-electron chi connectivity index (χ2n) is 3.77. The molecule has 0 radical (unpaired) electrons. The van der Waals surface area contributed by atoms with Gasteiger partial charge in [0, 0.05) is 11.9 Å². The highest BCUT2D eigenvalue weighted by Crippen LogP contribution is 2.13. The van der Waals surface area contributed by atoms with E-state index in [0.29, 0.717) is 5.56 Å². The smallest absolute Gasteiger partial charge is 0.266 e. The Balaban J connectivity index is 2.33. The van der Waals surface area contributed by atoms with Crippen LogP contribution in [0.25, 0.3) is 0 Å². The summed E-state index contributed by atoms with van der Waals surface area (Å²) in [5, 5.41) is 0. The Morgan fingerprint density at radius 2 is 2.29 bits per heavy atom. The minimum absolute atomic E-state index is 0.306. The van der Waals surface area contributed by atoms with E-state index in [4.69, 9.17) is 5.84 Å². The number of nitrogen functional groups attached to an aromatic ring is 1. The van der Waals surface area contributed by atoms with Gasteiger partial charge in [0.1, 0.15) is 0 Å². The molecule has 1 aromatic rings. The van der Waals surface area contributed by atoms with Crippen LogP contribution < -0.4 is 11.3 Å². The molecule has 0 aliphatic carbocycles. The molecule has 0 saturated carbocycles. The number of pyridine rings is 1. The van der Waals surface area contributed by atoms with E-state index < -0.39 is 0 Å². The molecule has 0 aliphatic heterocycles. The first-order chi connectivity index (χ1) is 8.27. The molecule has 1 heterocycles. The van der Waals surface area contributed by atoms with Gasteiger partial charge in [-0.2, -0.15) is 11.8 Å². The zero-order chi connectivity index (χ0) is 12.5. The number of hydrazine groups is 1. The van der Waals surface area contributed by atoms with Crippen molar-refractivity contribution < 1.29 is 4.79 Å². The Morgan fingerprint density at radius 1 is 1.47 bits per heavy atom. The van der Waals surface area contributed by atoms with Gasteiger partial charge < -0.3 is 0 Å². The van der Waals surface area contributed by atoms with Crippen LogP contribution in [-0.4, -0.2) is 16.6 Å². The average Bonchev–Trinajstić information content (AvgIpc) is 2.38. The summed E-state index contributed by atoms with van der Waals surface area (Å²) >= 11 is 1.88. The molecule has 17 heavy (non-hydrogen) atoms. The maximum Gasteiger partial charge on any atom is 0.266 e. The molecule has 0 spiro atoms. The van der Waals surface area contributed by atoms with Gasteiger partial charge in [-0.15, -0.1) is 0 Å². The minimum atomic E-state index is -0.306. The van der Waals surface area contributed by atoms with Crippen LogP contribution in [0.4, 0.5) is 0 Å². The molecule has 3 N–H and O–H groups in total. The molecule has 4 nitrogen and oxygen atoms in total. The predicted octanol–water partition coefficient (Wildman–Crippen LogP) is 2.11. The van der Waals surface area contributed by atoms with Crippen LogP contribution in [-0.2, 0) is 5.75 Å². The average molecular weight is 253 g/mol. The van der Waals surface area contributed by atoms with Gasteiger partial charge in [0.05, 0.1) is 11.3 Å². The maximum absolute atomic E-state index is 11.2. The van der Waals surface area contributed by atoms with Gasteiger partial charge in [-0.05, 0) is 24.3 Å². The number of nitrogens with two attached hydrogens (primary N) is 1. The monoisotopic (exact) mass is 253 g/mol. The van der Waals surface area contributed by atoms with Crippen molar-refractivity contribution in [3.05, 3.63) is 29.6 Å². The molecule has 0 fully saturated rings. The lowest BCUT2D eigenvalue weighted by Crippen LogP contribution is -2.30. The molecule has 1 rings (SSSR count). The van der Waals surface area contributed by atoms with Gasteiger partial charge in [0.15, 0.2) is 0 Å². The standard InChI is InChI=1S/C12H19N3OS/c1-2-3-4-7-17-9-11-6-5-10(8-14-11)12(16)15-13/h5-6,8H,2-4,7,9,13H2,1H3,(H,15,16). The number of hydrogen-bond donors (Lipinski definition) is 2. The van der Waals surface area contributed by atoms with Crippen LogP contribution in [0.15, 0.2) is 18.3 Å². The van der Waals surface area contributed by atoms with Gasteiger partial charge in [0.2, 0.25) is 0 Å². The number of unbranched alkanes of at least 4 members (excludes halogenated alkanes) is 2. The largest absolute Gasteiger partial charge is 0.290 e. The van der Waals surface area contributed by atoms with Gasteiger partial charge in [0.25, 0.3) is 5.91 Å². The Morgan fingerprint density at radius 3 is 2.88 bits per heavy atom. The van der Waals surface area contributed by atoms with E-state index in [1.807, 2.05) is 17.8 Å². The third-order valence-corrected chi connectivity index (χ3v) is 3.44. The van der Waals surface area contributed by atoms with Crippen LogP contribution in [0, 0.1) is 0 Å². The van der Waals surface area contributed by atoms with Crippen LogP contribution in [0.3, 0.4) is 0 Å². The second-order valence-corrected chi connectivity index (χ2v) is 4.88.